The first-order valence-corrected chi connectivity index (χ1v) is 11.0. The maximum atomic E-state index is 12.3. The van der Waals surface area contributed by atoms with E-state index < -0.39 is 0 Å². The van der Waals surface area contributed by atoms with Gasteiger partial charge in [-0.05, 0) is 29.8 Å². The maximum absolute atomic E-state index is 12.3. The van der Waals surface area contributed by atoms with Crippen LogP contribution < -0.4 is 5.43 Å². The lowest BCUT2D eigenvalue weighted by Crippen LogP contribution is -2.19. The van der Waals surface area contributed by atoms with Gasteiger partial charge in [0.1, 0.15) is 18.1 Å². The largest absolute Gasteiger partial charge is 0.458 e. The van der Waals surface area contributed by atoms with E-state index in [1.807, 2.05) is 59.2 Å². The highest BCUT2D eigenvalue weighted by Gasteiger charge is 2.17. The second-order valence-corrected chi connectivity index (χ2v) is 7.82. The number of carbonyl (C=O) groups excluding carboxylic acids is 1. The predicted molar refractivity (Wildman–Crippen MR) is 124 cm³/mol. The molecule has 33 heavy (non-hydrogen) atoms. The van der Waals surface area contributed by atoms with E-state index >= 15 is 0 Å². The topological polar surface area (TPSA) is 126 Å². The average Bonchev–Trinajstić information content (AvgIpc) is 3.50. The normalized spacial score (nSPS) is 11.2. The summed E-state index contributed by atoms with van der Waals surface area (Å²) in [7, 11) is 0. The summed E-state index contributed by atoms with van der Waals surface area (Å²) in [6.07, 6.45) is 1.36. The van der Waals surface area contributed by atoms with Crippen LogP contribution in [-0.4, -0.2) is 42.9 Å². The molecule has 1 amide bonds. The lowest BCUT2D eigenvalue weighted by Gasteiger charge is -2.10. The van der Waals surface area contributed by atoms with Gasteiger partial charge in [0.25, 0.3) is 5.91 Å². The highest BCUT2D eigenvalue weighted by atomic mass is 32.2. The van der Waals surface area contributed by atoms with E-state index in [-0.39, 0.29) is 24.9 Å². The third-order valence-corrected chi connectivity index (χ3v) is 5.52. The molecule has 0 saturated carbocycles. The number of hydrogen-bond donors (Lipinski definition) is 3. The first-order valence-electron chi connectivity index (χ1n) is 10.0. The minimum absolute atomic E-state index is 0.0349. The molecule has 10 heteroatoms. The molecule has 2 heterocycles. The van der Waals surface area contributed by atoms with Crippen molar-refractivity contribution in [3.63, 3.8) is 0 Å². The molecule has 0 radical (unpaired) electrons. The molecular formula is C23H21N5O4S. The fourth-order valence-electron chi connectivity index (χ4n) is 3.00. The Morgan fingerprint density at radius 1 is 1.03 bits per heavy atom. The van der Waals surface area contributed by atoms with E-state index in [1.54, 1.807) is 12.1 Å². The van der Waals surface area contributed by atoms with E-state index in [2.05, 4.69) is 20.7 Å². The van der Waals surface area contributed by atoms with Crippen LogP contribution in [0.3, 0.4) is 0 Å². The zero-order valence-electron chi connectivity index (χ0n) is 17.5. The number of furan rings is 1. The summed E-state index contributed by atoms with van der Waals surface area (Å²) in [5, 5.41) is 31.4. The number of aromatic nitrogens is 3. The minimum atomic E-state index is -0.318. The van der Waals surface area contributed by atoms with Crippen LogP contribution in [0.15, 0.2) is 81.4 Å². The summed E-state index contributed by atoms with van der Waals surface area (Å²) in [5.41, 5.74) is 4.95. The molecule has 0 unspecified atom stereocenters. The Kier molecular flexibility index (Phi) is 7.30. The van der Waals surface area contributed by atoms with Crippen molar-refractivity contribution >= 4 is 23.9 Å². The van der Waals surface area contributed by atoms with Gasteiger partial charge in [-0.25, -0.2) is 5.43 Å². The fourth-order valence-corrected chi connectivity index (χ4v) is 3.74. The van der Waals surface area contributed by atoms with Gasteiger partial charge < -0.3 is 14.6 Å². The van der Waals surface area contributed by atoms with Gasteiger partial charge in [-0.1, -0.05) is 54.2 Å². The molecule has 0 aliphatic heterocycles. The molecule has 0 bridgehead atoms. The molecule has 2 aromatic carbocycles. The van der Waals surface area contributed by atoms with Crippen molar-refractivity contribution in [1.82, 2.24) is 20.2 Å². The number of aliphatic hydroxyl groups is 2. The highest BCUT2D eigenvalue weighted by Crippen LogP contribution is 2.28. The summed E-state index contributed by atoms with van der Waals surface area (Å²) in [6, 6.07) is 20.3. The molecule has 3 N–H and O–H groups in total. The quantitative estimate of drug-likeness (QED) is 0.198. The van der Waals surface area contributed by atoms with E-state index in [1.165, 1.54) is 18.0 Å². The lowest BCUT2D eigenvalue weighted by atomic mass is 10.1. The molecule has 4 rings (SSSR count). The van der Waals surface area contributed by atoms with Crippen molar-refractivity contribution in [2.45, 2.75) is 18.4 Å². The molecule has 0 atom stereocenters. The van der Waals surface area contributed by atoms with Crippen molar-refractivity contribution in [3.8, 4) is 17.1 Å². The highest BCUT2D eigenvalue weighted by molar-refractivity contribution is 7.99. The molecular weight excluding hydrogens is 442 g/mol. The van der Waals surface area contributed by atoms with Crippen LogP contribution in [0.1, 0.15) is 17.1 Å². The summed E-state index contributed by atoms with van der Waals surface area (Å²) >= 11 is 1.23. The molecule has 4 aromatic rings. The molecule has 0 aliphatic carbocycles. The number of benzene rings is 2. The van der Waals surface area contributed by atoms with Crippen molar-refractivity contribution in [1.29, 1.82) is 0 Å². The molecule has 0 fully saturated rings. The second-order valence-electron chi connectivity index (χ2n) is 6.88. The monoisotopic (exact) mass is 463 g/mol. The third kappa shape index (κ3) is 5.55. The summed E-state index contributed by atoms with van der Waals surface area (Å²) < 4.78 is 7.16. The van der Waals surface area contributed by atoms with Crippen molar-refractivity contribution in [3.05, 3.63) is 83.8 Å². The first-order chi connectivity index (χ1) is 16.2. The number of thioether (sulfide) groups is 1. The fraction of sp³-hybridized carbons (Fsp3) is 0.130. The molecule has 168 valence electrons. The van der Waals surface area contributed by atoms with E-state index in [0.29, 0.717) is 22.5 Å². The van der Waals surface area contributed by atoms with E-state index in [9.17, 15) is 9.90 Å². The van der Waals surface area contributed by atoms with Crippen LogP contribution in [0.4, 0.5) is 0 Å². The summed E-state index contributed by atoms with van der Waals surface area (Å²) in [6.45, 7) is -0.237. The van der Waals surface area contributed by atoms with Crippen molar-refractivity contribution in [2.75, 3.05) is 5.75 Å². The van der Waals surface area contributed by atoms with Gasteiger partial charge in [-0.2, -0.15) is 5.10 Å². The van der Waals surface area contributed by atoms with Gasteiger partial charge in [-0.15, -0.1) is 10.2 Å². The Hall–Kier alpha value is -3.73. The van der Waals surface area contributed by atoms with Crippen LogP contribution in [0.2, 0.25) is 0 Å². The Morgan fingerprint density at radius 2 is 1.82 bits per heavy atom. The van der Waals surface area contributed by atoms with Gasteiger partial charge in [0.2, 0.25) is 0 Å². The van der Waals surface area contributed by atoms with E-state index in [0.717, 1.165) is 16.8 Å². The predicted octanol–water partition coefficient (Wildman–Crippen LogP) is 2.75. The third-order valence-electron chi connectivity index (χ3n) is 4.59. The van der Waals surface area contributed by atoms with Gasteiger partial charge in [0.05, 0.1) is 18.6 Å². The number of rotatable bonds is 9. The van der Waals surface area contributed by atoms with Crippen LogP contribution in [0.25, 0.3) is 17.1 Å². The van der Waals surface area contributed by atoms with Gasteiger partial charge in [0.15, 0.2) is 11.0 Å². The van der Waals surface area contributed by atoms with E-state index in [4.69, 9.17) is 9.52 Å². The average molecular weight is 464 g/mol. The number of aliphatic hydroxyl groups excluding tert-OH is 2. The SMILES string of the molecule is O=C(CSc1nnc(-c2ccc(CO)cc2)n1-c1ccccc1)N/N=C/c1ccc(CO)o1. The zero-order valence-corrected chi connectivity index (χ0v) is 18.3. The minimum Gasteiger partial charge on any atom is -0.458 e. The summed E-state index contributed by atoms with van der Waals surface area (Å²) in [5.74, 6) is 1.23. The number of amides is 1. The van der Waals surface area contributed by atoms with Gasteiger partial charge in [0, 0.05) is 11.3 Å². The zero-order chi connectivity index (χ0) is 23.0. The Bertz CT molecular complexity index is 1240. The maximum Gasteiger partial charge on any atom is 0.250 e. The molecule has 0 spiro atoms. The van der Waals surface area contributed by atoms with Crippen LogP contribution in [0.5, 0.6) is 0 Å². The van der Waals surface area contributed by atoms with Crippen molar-refractivity contribution < 1.29 is 19.4 Å². The number of nitrogens with one attached hydrogen (secondary N) is 1. The van der Waals surface area contributed by atoms with Crippen LogP contribution in [0, 0.1) is 0 Å². The smallest absolute Gasteiger partial charge is 0.250 e. The molecule has 0 saturated heterocycles. The van der Waals surface area contributed by atoms with Gasteiger partial charge >= 0.3 is 0 Å². The van der Waals surface area contributed by atoms with Crippen LogP contribution >= 0.6 is 11.8 Å². The number of para-hydroxylation sites is 1. The van der Waals surface area contributed by atoms with Gasteiger partial charge in [-0.3, -0.25) is 9.36 Å². The summed E-state index contributed by atoms with van der Waals surface area (Å²) in [4.78, 5) is 12.3. The van der Waals surface area contributed by atoms with Crippen molar-refractivity contribution in [2.24, 2.45) is 5.10 Å². The Balaban J connectivity index is 1.48. The number of hydrazone groups is 1. The van der Waals surface area contributed by atoms with Crippen LogP contribution in [-0.2, 0) is 18.0 Å². The second kappa shape index (κ2) is 10.7. The number of hydrogen-bond acceptors (Lipinski definition) is 8. The Labute approximate surface area is 193 Å². The Morgan fingerprint density at radius 3 is 2.52 bits per heavy atom. The molecule has 0 aliphatic rings. The molecule has 9 nitrogen and oxygen atoms in total. The standard InChI is InChI=1S/C23H21N5O4S/c29-13-16-6-8-17(9-7-16)22-26-27-23(28(22)18-4-2-1-3-5-18)33-15-21(31)25-24-12-19-10-11-20(14-30)32-19/h1-12,29-30H,13-15H2,(H,25,31)/b24-12+. The number of nitrogens with zero attached hydrogens (tertiary/aromatic N) is 4. The molecule has 2 aromatic heterocycles. The lowest BCUT2D eigenvalue weighted by molar-refractivity contribution is -0.118. The number of carbonyl (C=O) groups is 1. The first kappa shape index (κ1) is 22.5.